The van der Waals surface area contributed by atoms with Gasteiger partial charge in [0.25, 0.3) is 0 Å². The largest absolute Gasteiger partial charge is 0.329 e. The zero-order valence-corrected chi connectivity index (χ0v) is 15.6. The molecule has 0 aromatic heterocycles. The first kappa shape index (κ1) is 18.5. The van der Waals surface area contributed by atoms with Crippen LogP contribution in [0, 0.1) is 16.7 Å². The van der Waals surface area contributed by atoms with Crippen molar-refractivity contribution in [2.24, 2.45) is 5.41 Å². The monoisotopic (exact) mass is 381 g/mol. The van der Waals surface area contributed by atoms with Gasteiger partial charge >= 0.3 is 6.03 Å². The summed E-state index contributed by atoms with van der Waals surface area (Å²) in [5.41, 5.74) is 0.259. The van der Waals surface area contributed by atoms with E-state index in [9.17, 15) is 14.9 Å². The number of benzene rings is 3. The Morgan fingerprint density at radius 3 is 1.59 bits per heavy atom. The van der Waals surface area contributed by atoms with Gasteiger partial charge in [-0.1, -0.05) is 91.0 Å². The molecule has 2 amide bonds. The molecule has 1 heterocycles. The number of ketones is 1. The van der Waals surface area contributed by atoms with Gasteiger partial charge in [0, 0.05) is 5.56 Å². The third kappa shape index (κ3) is 3.15. The third-order valence-corrected chi connectivity index (χ3v) is 5.32. The number of carbonyl (C=O) groups is 2. The highest BCUT2D eigenvalue weighted by molar-refractivity contribution is 6.05. The fourth-order valence-corrected chi connectivity index (χ4v) is 3.95. The number of nitrogens with one attached hydrogen (secondary N) is 2. The average molecular weight is 381 g/mol. The van der Waals surface area contributed by atoms with E-state index in [1.54, 1.807) is 24.3 Å². The molecule has 4 rings (SSSR count). The lowest BCUT2D eigenvalue weighted by Crippen LogP contribution is -2.60. The maximum absolute atomic E-state index is 13.8. The number of urea groups is 1. The van der Waals surface area contributed by atoms with Crippen LogP contribution in [0.15, 0.2) is 91.0 Å². The Kier molecular flexibility index (Phi) is 4.84. The van der Waals surface area contributed by atoms with Gasteiger partial charge in [-0.15, -0.1) is 0 Å². The zero-order chi connectivity index (χ0) is 20.3. The Hall–Kier alpha value is -3.91. The van der Waals surface area contributed by atoms with E-state index in [4.69, 9.17) is 0 Å². The number of amides is 2. The lowest BCUT2D eigenvalue weighted by atomic mass is 9.65. The van der Waals surface area contributed by atoms with Gasteiger partial charge in [0.1, 0.15) is 0 Å². The molecular weight excluding hydrogens is 362 g/mol. The van der Waals surface area contributed by atoms with Crippen molar-refractivity contribution in [1.82, 2.24) is 10.6 Å². The molecular formula is C24H19N3O2. The number of nitrogens with zero attached hydrogens (tertiary/aromatic N) is 1. The van der Waals surface area contributed by atoms with Gasteiger partial charge < -0.3 is 10.6 Å². The van der Waals surface area contributed by atoms with E-state index in [0.29, 0.717) is 16.7 Å². The number of carbonyl (C=O) groups excluding carboxylic acids is 2. The van der Waals surface area contributed by atoms with Crippen molar-refractivity contribution in [3.8, 4) is 6.07 Å². The van der Waals surface area contributed by atoms with Crippen molar-refractivity contribution in [3.05, 3.63) is 108 Å². The van der Waals surface area contributed by atoms with Crippen LogP contribution in [0.2, 0.25) is 0 Å². The molecule has 1 aliphatic heterocycles. The van der Waals surface area contributed by atoms with Crippen LogP contribution >= 0.6 is 0 Å². The van der Waals surface area contributed by atoms with Crippen LogP contribution in [0.3, 0.4) is 0 Å². The summed E-state index contributed by atoms with van der Waals surface area (Å²) in [5.74, 6) is -0.337. The summed E-state index contributed by atoms with van der Waals surface area (Å²) < 4.78 is 0. The van der Waals surface area contributed by atoms with Gasteiger partial charge in [0.05, 0.1) is 18.2 Å². The molecule has 0 spiro atoms. The molecule has 1 saturated heterocycles. The molecule has 5 nitrogen and oxygen atoms in total. The first-order chi connectivity index (χ1) is 14.2. The highest BCUT2D eigenvalue weighted by Gasteiger charge is 2.57. The lowest BCUT2D eigenvalue weighted by Gasteiger charge is -2.44. The second kappa shape index (κ2) is 7.61. The van der Waals surface area contributed by atoms with Gasteiger partial charge in [-0.2, -0.15) is 5.26 Å². The summed E-state index contributed by atoms with van der Waals surface area (Å²) >= 11 is 0. The van der Waals surface area contributed by atoms with E-state index in [-0.39, 0.29) is 5.78 Å². The van der Waals surface area contributed by atoms with Crippen LogP contribution in [0.1, 0.15) is 33.6 Å². The normalized spacial score (nSPS) is 23.3. The molecule has 5 heteroatoms. The zero-order valence-electron chi connectivity index (χ0n) is 15.6. The van der Waals surface area contributed by atoms with Gasteiger partial charge in [-0.25, -0.2) is 4.79 Å². The van der Waals surface area contributed by atoms with Crippen molar-refractivity contribution >= 4 is 11.8 Å². The Morgan fingerprint density at radius 1 is 0.759 bits per heavy atom. The van der Waals surface area contributed by atoms with Gasteiger partial charge in [0.15, 0.2) is 11.2 Å². The van der Waals surface area contributed by atoms with Crippen LogP contribution in [0.5, 0.6) is 0 Å². The smallest absolute Gasteiger partial charge is 0.315 e. The minimum absolute atomic E-state index is 0.337. The SMILES string of the molecule is N#CC1(C(=O)c2ccccc2)[C@@H](c2ccccc2)NC(=O)N[C@H]1c1ccccc1. The standard InChI is InChI=1S/C24H19N3O2/c25-16-24(22(28)19-14-8-3-9-15-19)20(17-10-4-1-5-11-17)26-23(29)27-21(24)18-12-6-2-7-13-18/h1-15,20-21H,(H2,26,27,29)/t20-,21+,24?. The fourth-order valence-electron chi connectivity index (χ4n) is 3.95. The van der Waals surface area contributed by atoms with Crippen LogP contribution in [0.4, 0.5) is 4.79 Å². The van der Waals surface area contributed by atoms with E-state index >= 15 is 0 Å². The summed E-state index contributed by atoms with van der Waals surface area (Å²) in [6.07, 6.45) is 0. The Balaban J connectivity index is 1.95. The number of nitriles is 1. The van der Waals surface area contributed by atoms with E-state index < -0.39 is 23.5 Å². The topological polar surface area (TPSA) is 82.0 Å². The van der Waals surface area contributed by atoms with Crippen molar-refractivity contribution in [1.29, 1.82) is 5.26 Å². The van der Waals surface area contributed by atoms with Gasteiger partial charge in [0.2, 0.25) is 0 Å². The highest BCUT2D eigenvalue weighted by atomic mass is 16.2. The maximum atomic E-state index is 13.8. The first-order valence-corrected chi connectivity index (χ1v) is 9.35. The molecule has 1 fully saturated rings. The predicted octanol–water partition coefficient (Wildman–Crippen LogP) is 4.17. The number of hydrogen-bond acceptors (Lipinski definition) is 3. The number of rotatable bonds is 4. The molecule has 29 heavy (non-hydrogen) atoms. The first-order valence-electron chi connectivity index (χ1n) is 9.35. The van der Waals surface area contributed by atoms with E-state index in [0.717, 1.165) is 0 Å². The average Bonchev–Trinajstić information content (AvgIpc) is 2.80. The van der Waals surface area contributed by atoms with Gasteiger partial charge in [-0.05, 0) is 11.1 Å². The van der Waals surface area contributed by atoms with Crippen LogP contribution < -0.4 is 10.6 Å². The van der Waals surface area contributed by atoms with E-state index in [1.165, 1.54) is 0 Å². The van der Waals surface area contributed by atoms with Crippen molar-refractivity contribution in [2.75, 3.05) is 0 Å². The molecule has 0 aliphatic carbocycles. The molecule has 0 bridgehead atoms. The molecule has 1 unspecified atom stereocenters. The molecule has 3 atom stereocenters. The number of hydrogen-bond donors (Lipinski definition) is 2. The molecule has 3 aromatic rings. The van der Waals surface area contributed by atoms with Crippen LogP contribution in [0.25, 0.3) is 0 Å². The fraction of sp³-hybridized carbons (Fsp3) is 0.125. The van der Waals surface area contributed by atoms with Crippen molar-refractivity contribution in [3.63, 3.8) is 0 Å². The molecule has 3 aromatic carbocycles. The second-order valence-corrected chi connectivity index (χ2v) is 6.98. The molecule has 2 N–H and O–H groups in total. The maximum Gasteiger partial charge on any atom is 0.315 e. The minimum atomic E-state index is -1.57. The predicted molar refractivity (Wildman–Crippen MR) is 109 cm³/mol. The molecule has 0 saturated carbocycles. The Bertz CT molecular complexity index is 1010. The lowest BCUT2D eigenvalue weighted by molar-refractivity contribution is 0.0708. The quantitative estimate of drug-likeness (QED) is 0.665. The summed E-state index contributed by atoms with van der Waals surface area (Å²) in [6, 6.07) is 27.3. The summed E-state index contributed by atoms with van der Waals surface area (Å²) in [6.45, 7) is 0. The Labute approximate surface area is 169 Å². The van der Waals surface area contributed by atoms with Crippen molar-refractivity contribution < 1.29 is 9.59 Å². The van der Waals surface area contributed by atoms with E-state index in [1.807, 2.05) is 66.7 Å². The van der Waals surface area contributed by atoms with Crippen LogP contribution in [-0.2, 0) is 0 Å². The third-order valence-electron chi connectivity index (χ3n) is 5.32. The number of Topliss-reactive ketones (excluding diaryl/α,β-unsaturated/α-hetero) is 1. The van der Waals surface area contributed by atoms with Crippen LogP contribution in [-0.4, -0.2) is 11.8 Å². The van der Waals surface area contributed by atoms with E-state index in [2.05, 4.69) is 16.7 Å². The molecule has 142 valence electrons. The van der Waals surface area contributed by atoms with Crippen molar-refractivity contribution in [2.45, 2.75) is 12.1 Å². The minimum Gasteiger partial charge on any atom is -0.329 e. The Morgan fingerprint density at radius 2 is 1.17 bits per heavy atom. The summed E-state index contributed by atoms with van der Waals surface area (Å²) in [7, 11) is 0. The summed E-state index contributed by atoms with van der Waals surface area (Å²) in [5, 5.41) is 16.1. The highest BCUT2D eigenvalue weighted by Crippen LogP contribution is 2.48. The van der Waals surface area contributed by atoms with Gasteiger partial charge in [-0.3, -0.25) is 4.79 Å². The second-order valence-electron chi connectivity index (χ2n) is 6.98. The molecule has 1 aliphatic rings. The summed E-state index contributed by atoms with van der Waals surface area (Å²) in [4.78, 5) is 26.4. The molecule has 0 radical (unpaired) electrons.